The van der Waals surface area contributed by atoms with Gasteiger partial charge in [-0.15, -0.1) is 0 Å². The number of hydrogen-bond donors (Lipinski definition) is 1. The summed E-state index contributed by atoms with van der Waals surface area (Å²) in [5.41, 5.74) is 3.30. The van der Waals surface area contributed by atoms with Gasteiger partial charge in [-0.3, -0.25) is 9.48 Å². The van der Waals surface area contributed by atoms with Gasteiger partial charge in [0.1, 0.15) is 18.2 Å². The van der Waals surface area contributed by atoms with Crippen molar-refractivity contribution in [3.8, 4) is 16.9 Å². The molecule has 7 heteroatoms. The molecule has 0 saturated carbocycles. The van der Waals surface area contributed by atoms with E-state index in [1.807, 2.05) is 37.3 Å². The summed E-state index contributed by atoms with van der Waals surface area (Å²) >= 11 is 0. The number of para-hydroxylation sites is 1. The number of amides is 1. The normalized spacial score (nSPS) is 10.8. The molecule has 0 fully saturated rings. The largest absolute Gasteiger partial charge is 0.309 e. The molecule has 0 bridgehead atoms. The molecule has 0 unspecified atom stereocenters. The SMILES string of the molecule is Cc1cn(CC(=O)Nc2ccnn2-c2ccccc2)nc1-c1ccc(F)cc1. The van der Waals surface area contributed by atoms with Gasteiger partial charge in [-0.25, -0.2) is 9.07 Å². The van der Waals surface area contributed by atoms with E-state index in [2.05, 4.69) is 15.5 Å². The number of aromatic nitrogens is 4. The number of hydrogen-bond acceptors (Lipinski definition) is 3. The Morgan fingerprint density at radius 3 is 2.57 bits per heavy atom. The zero-order valence-electron chi connectivity index (χ0n) is 15.2. The van der Waals surface area contributed by atoms with Gasteiger partial charge in [0.2, 0.25) is 5.91 Å². The van der Waals surface area contributed by atoms with Crippen molar-refractivity contribution < 1.29 is 9.18 Å². The number of nitrogens with one attached hydrogen (secondary N) is 1. The molecule has 0 atom stereocenters. The number of carbonyl (C=O) groups excluding carboxylic acids is 1. The van der Waals surface area contributed by atoms with Crippen molar-refractivity contribution in [3.63, 3.8) is 0 Å². The Labute approximate surface area is 161 Å². The van der Waals surface area contributed by atoms with Crippen LogP contribution in [0.25, 0.3) is 16.9 Å². The Hall–Kier alpha value is -3.74. The van der Waals surface area contributed by atoms with Crippen LogP contribution in [-0.2, 0) is 11.3 Å². The maximum absolute atomic E-state index is 13.1. The third kappa shape index (κ3) is 3.68. The molecule has 0 saturated heterocycles. The lowest BCUT2D eigenvalue weighted by molar-refractivity contribution is -0.116. The number of halogens is 1. The highest BCUT2D eigenvalue weighted by molar-refractivity contribution is 5.90. The van der Waals surface area contributed by atoms with Gasteiger partial charge >= 0.3 is 0 Å². The second kappa shape index (κ2) is 7.48. The highest BCUT2D eigenvalue weighted by atomic mass is 19.1. The molecular formula is C21H18FN5O. The first kappa shape index (κ1) is 17.7. The summed E-state index contributed by atoms with van der Waals surface area (Å²) in [6.45, 7) is 1.96. The third-order valence-corrected chi connectivity index (χ3v) is 4.28. The minimum atomic E-state index is -0.296. The summed E-state index contributed by atoms with van der Waals surface area (Å²) in [6.07, 6.45) is 3.43. The highest BCUT2D eigenvalue weighted by Gasteiger charge is 2.12. The van der Waals surface area contributed by atoms with E-state index in [1.54, 1.807) is 40.0 Å². The van der Waals surface area contributed by atoms with Gasteiger partial charge in [0.05, 0.1) is 17.6 Å². The minimum absolute atomic E-state index is 0.0575. The van der Waals surface area contributed by atoms with Crippen LogP contribution in [0.4, 0.5) is 10.2 Å². The quantitative estimate of drug-likeness (QED) is 0.577. The van der Waals surface area contributed by atoms with Crippen molar-refractivity contribution in [1.82, 2.24) is 19.6 Å². The number of carbonyl (C=O) groups is 1. The number of benzene rings is 2. The van der Waals surface area contributed by atoms with Gasteiger partial charge in [0.15, 0.2) is 0 Å². The average Bonchev–Trinajstić information content (AvgIpc) is 3.29. The zero-order valence-corrected chi connectivity index (χ0v) is 15.2. The van der Waals surface area contributed by atoms with Crippen LogP contribution in [0.15, 0.2) is 73.1 Å². The number of rotatable bonds is 5. The van der Waals surface area contributed by atoms with Gasteiger partial charge in [0.25, 0.3) is 0 Å². The van der Waals surface area contributed by atoms with E-state index in [9.17, 15) is 9.18 Å². The van der Waals surface area contributed by atoms with E-state index in [4.69, 9.17) is 0 Å². The Balaban J connectivity index is 1.49. The first-order chi connectivity index (χ1) is 13.6. The van der Waals surface area contributed by atoms with E-state index in [-0.39, 0.29) is 18.3 Å². The summed E-state index contributed by atoms with van der Waals surface area (Å²) in [4.78, 5) is 12.5. The predicted octanol–water partition coefficient (Wildman–Crippen LogP) is 3.82. The number of aryl methyl sites for hydroxylation is 1. The standard InChI is InChI=1S/C21H18FN5O/c1-15-13-26(25-21(15)16-7-9-17(22)10-8-16)14-20(28)24-19-11-12-23-27(19)18-5-3-2-4-6-18/h2-13H,14H2,1H3,(H,24,28). The molecule has 2 aromatic heterocycles. The zero-order chi connectivity index (χ0) is 19.5. The average molecular weight is 375 g/mol. The van der Waals surface area contributed by atoms with Crippen LogP contribution in [0.3, 0.4) is 0 Å². The Kier molecular flexibility index (Phi) is 4.72. The molecule has 28 heavy (non-hydrogen) atoms. The molecule has 0 aliphatic heterocycles. The summed E-state index contributed by atoms with van der Waals surface area (Å²) in [5, 5.41) is 11.6. The molecule has 2 heterocycles. The second-order valence-electron chi connectivity index (χ2n) is 6.38. The van der Waals surface area contributed by atoms with Crippen molar-refractivity contribution >= 4 is 11.7 Å². The van der Waals surface area contributed by atoms with Crippen molar-refractivity contribution in [3.05, 3.63) is 84.4 Å². The molecule has 0 spiro atoms. The lowest BCUT2D eigenvalue weighted by Gasteiger charge is -2.09. The molecular weight excluding hydrogens is 357 g/mol. The van der Waals surface area contributed by atoms with Crippen molar-refractivity contribution in [1.29, 1.82) is 0 Å². The Bertz CT molecular complexity index is 1100. The lowest BCUT2D eigenvalue weighted by Crippen LogP contribution is -2.20. The van der Waals surface area contributed by atoms with Gasteiger partial charge in [-0.2, -0.15) is 10.2 Å². The minimum Gasteiger partial charge on any atom is -0.309 e. The fraction of sp³-hybridized carbons (Fsp3) is 0.0952. The number of anilines is 1. The van der Waals surface area contributed by atoms with Crippen molar-refractivity contribution in [2.24, 2.45) is 0 Å². The maximum Gasteiger partial charge on any atom is 0.247 e. The molecule has 140 valence electrons. The third-order valence-electron chi connectivity index (χ3n) is 4.28. The van der Waals surface area contributed by atoms with Crippen LogP contribution < -0.4 is 5.32 Å². The molecule has 1 amide bonds. The summed E-state index contributed by atoms with van der Waals surface area (Å²) < 4.78 is 16.4. The topological polar surface area (TPSA) is 64.7 Å². The van der Waals surface area contributed by atoms with Crippen LogP contribution in [0.1, 0.15) is 5.56 Å². The molecule has 6 nitrogen and oxygen atoms in total. The molecule has 1 N–H and O–H groups in total. The van der Waals surface area contributed by atoms with Crippen LogP contribution in [0.2, 0.25) is 0 Å². The highest BCUT2D eigenvalue weighted by Crippen LogP contribution is 2.21. The van der Waals surface area contributed by atoms with Gasteiger partial charge in [0, 0.05) is 17.8 Å². The van der Waals surface area contributed by atoms with Gasteiger partial charge < -0.3 is 5.32 Å². The van der Waals surface area contributed by atoms with E-state index in [0.29, 0.717) is 5.82 Å². The van der Waals surface area contributed by atoms with E-state index in [1.165, 1.54) is 12.1 Å². The molecule has 4 rings (SSSR count). The van der Waals surface area contributed by atoms with Crippen LogP contribution in [0, 0.1) is 12.7 Å². The van der Waals surface area contributed by atoms with E-state index in [0.717, 1.165) is 22.5 Å². The fourth-order valence-electron chi connectivity index (χ4n) is 3.00. The monoisotopic (exact) mass is 375 g/mol. The maximum atomic E-state index is 13.1. The fourth-order valence-corrected chi connectivity index (χ4v) is 3.00. The lowest BCUT2D eigenvalue weighted by atomic mass is 10.1. The number of nitrogens with zero attached hydrogens (tertiary/aromatic N) is 4. The smallest absolute Gasteiger partial charge is 0.247 e. The van der Waals surface area contributed by atoms with Crippen LogP contribution >= 0.6 is 0 Å². The second-order valence-corrected chi connectivity index (χ2v) is 6.38. The van der Waals surface area contributed by atoms with Crippen molar-refractivity contribution in [2.75, 3.05) is 5.32 Å². The molecule has 2 aromatic carbocycles. The summed E-state index contributed by atoms with van der Waals surface area (Å²) in [7, 11) is 0. The molecule has 4 aromatic rings. The summed E-state index contributed by atoms with van der Waals surface area (Å²) in [5.74, 6) is 0.0694. The first-order valence-electron chi connectivity index (χ1n) is 8.79. The molecule has 0 aliphatic rings. The van der Waals surface area contributed by atoms with Crippen molar-refractivity contribution in [2.45, 2.75) is 13.5 Å². The Morgan fingerprint density at radius 2 is 1.82 bits per heavy atom. The molecule has 0 aliphatic carbocycles. The van der Waals surface area contributed by atoms with E-state index >= 15 is 0 Å². The Morgan fingerprint density at radius 1 is 1.07 bits per heavy atom. The van der Waals surface area contributed by atoms with Gasteiger partial charge in [-0.05, 0) is 48.9 Å². The predicted molar refractivity (Wildman–Crippen MR) is 105 cm³/mol. The van der Waals surface area contributed by atoms with Crippen LogP contribution in [-0.4, -0.2) is 25.5 Å². The molecule has 0 radical (unpaired) electrons. The summed E-state index contributed by atoms with van der Waals surface area (Å²) in [6, 6.07) is 17.4. The van der Waals surface area contributed by atoms with Crippen LogP contribution in [0.5, 0.6) is 0 Å². The van der Waals surface area contributed by atoms with Gasteiger partial charge in [-0.1, -0.05) is 18.2 Å². The van der Waals surface area contributed by atoms with E-state index < -0.39 is 0 Å². The first-order valence-corrected chi connectivity index (χ1v) is 8.79.